The topological polar surface area (TPSA) is 59.8 Å². The third-order valence-electron chi connectivity index (χ3n) is 4.45. The molecule has 1 aliphatic carbocycles. The molecular formula is C18H23FN4OS. The van der Waals surface area contributed by atoms with Gasteiger partial charge < -0.3 is 5.32 Å². The van der Waals surface area contributed by atoms with Crippen LogP contribution in [0.25, 0.3) is 5.69 Å². The SMILES string of the molecule is CC(=O)NCc1nnc(SCC2CCCCC2)n1-c1ccc(F)cc1. The first kappa shape index (κ1) is 17.9. The van der Waals surface area contributed by atoms with E-state index in [0.29, 0.717) is 12.4 Å². The average molecular weight is 362 g/mol. The van der Waals surface area contributed by atoms with Crippen molar-refractivity contribution in [2.75, 3.05) is 5.75 Å². The molecule has 1 amide bonds. The summed E-state index contributed by atoms with van der Waals surface area (Å²) in [4.78, 5) is 11.2. The first-order valence-corrected chi connectivity index (χ1v) is 9.69. The van der Waals surface area contributed by atoms with Crippen molar-refractivity contribution in [1.29, 1.82) is 0 Å². The number of hydrogen-bond donors (Lipinski definition) is 1. The van der Waals surface area contributed by atoms with Crippen molar-refractivity contribution in [3.63, 3.8) is 0 Å². The van der Waals surface area contributed by atoms with Crippen LogP contribution >= 0.6 is 11.8 Å². The van der Waals surface area contributed by atoms with Crippen molar-refractivity contribution in [2.24, 2.45) is 5.92 Å². The van der Waals surface area contributed by atoms with Crippen LogP contribution in [0.2, 0.25) is 0 Å². The van der Waals surface area contributed by atoms with Crippen LogP contribution in [-0.4, -0.2) is 26.4 Å². The van der Waals surface area contributed by atoms with E-state index in [1.54, 1.807) is 23.9 Å². The summed E-state index contributed by atoms with van der Waals surface area (Å²) in [6.45, 7) is 1.76. The highest BCUT2D eigenvalue weighted by molar-refractivity contribution is 7.99. The normalized spacial score (nSPS) is 15.3. The highest BCUT2D eigenvalue weighted by Crippen LogP contribution is 2.30. The molecule has 5 nitrogen and oxygen atoms in total. The Bertz CT molecular complexity index is 710. The number of aromatic nitrogens is 3. The zero-order valence-electron chi connectivity index (χ0n) is 14.4. The number of thioether (sulfide) groups is 1. The van der Waals surface area contributed by atoms with Crippen molar-refractivity contribution in [3.05, 3.63) is 35.9 Å². The van der Waals surface area contributed by atoms with E-state index >= 15 is 0 Å². The van der Waals surface area contributed by atoms with E-state index in [-0.39, 0.29) is 11.7 Å². The van der Waals surface area contributed by atoms with Crippen molar-refractivity contribution < 1.29 is 9.18 Å². The molecular weight excluding hydrogens is 339 g/mol. The number of carbonyl (C=O) groups is 1. The molecule has 0 spiro atoms. The van der Waals surface area contributed by atoms with Gasteiger partial charge in [0, 0.05) is 18.4 Å². The van der Waals surface area contributed by atoms with Gasteiger partial charge in [0.1, 0.15) is 5.82 Å². The summed E-state index contributed by atoms with van der Waals surface area (Å²) in [5, 5.41) is 12.1. The second kappa shape index (κ2) is 8.47. The third kappa shape index (κ3) is 4.81. The van der Waals surface area contributed by atoms with E-state index in [1.807, 2.05) is 4.57 Å². The van der Waals surface area contributed by atoms with Gasteiger partial charge in [-0.3, -0.25) is 9.36 Å². The van der Waals surface area contributed by atoms with Gasteiger partial charge in [0.05, 0.1) is 6.54 Å². The van der Waals surface area contributed by atoms with Crippen LogP contribution in [0.4, 0.5) is 4.39 Å². The molecule has 0 saturated heterocycles. The van der Waals surface area contributed by atoms with Gasteiger partial charge in [-0.2, -0.15) is 0 Å². The van der Waals surface area contributed by atoms with Crippen LogP contribution in [0, 0.1) is 11.7 Å². The molecule has 134 valence electrons. The Morgan fingerprint density at radius 1 is 1.24 bits per heavy atom. The zero-order valence-corrected chi connectivity index (χ0v) is 15.2. The summed E-state index contributed by atoms with van der Waals surface area (Å²) in [5.74, 6) is 1.98. The summed E-state index contributed by atoms with van der Waals surface area (Å²) < 4.78 is 15.2. The monoisotopic (exact) mass is 362 g/mol. The number of rotatable bonds is 6. The largest absolute Gasteiger partial charge is 0.349 e. The smallest absolute Gasteiger partial charge is 0.217 e. The number of hydrogen-bond acceptors (Lipinski definition) is 4. The molecule has 1 aromatic carbocycles. The Balaban J connectivity index is 1.80. The first-order valence-electron chi connectivity index (χ1n) is 8.71. The van der Waals surface area contributed by atoms with Gasteiger partial charge in [-0.25, -0.2) is 4.39 Å². The molecule has 1 saturated carbocycles. The number of nitrogens with zero attached hydrogens (tertiary/aromatic N) is 3. The van der Waals surface area contributed by atoms with Crippen LogP contribution < -0.4 is 5.32 Å². The van der Waals surface area contributed by atoms with Gasteiger partial charge in [0.2, 0.25) is 5.91 Å². The minimum atomic E-state index is -0.281. The predicted molar refractivity (Wildman–Crippen MR) is 96.1 cm³/mol. The van der Waals surface area contributed by atoms with E-state index in [1.165, 1.54) is 51.2 Å². The number of carbonyl (C=O) groups excluding carboxylic acids is 1. The molecule has 2 aromatic rings. The summed E-state index contributed by atoms with van der Waals surface area (Å²) in [7, 11) is 0. The Morgan fingerprint density at radius 3 is 2.64 bits per heavy atom. The van der Waals surface area contributed by atoms with E-state index in [2.05, 4.69) is 15.5 Å². The standard InChI is InChI=1S/C18H23FN4OS/c1-13(24)20-11-17-21-22-18(25-12-14-5-3-2-4-6-14)23(17)16-9-7-15(19)8-10-16/h7-10,14H,2-6,11-12H2,1H3,(H,20,24). The molecule has 25 heavy (non-hydrogen) atoms. The molecule has 1 aliphatic rings. The number of halogens is 1. The Morgan fingerprint density at radius 2 is 1.96 bits per heavy atom. The lowest BCUT2D eigenvalue weighted by molar-refractivity contribution is -0.119. The number of nitrogens with one attached hydrogen (secondary N) is 1. The molecule has 0 bridgehead atoms. The fourth-order valence-electron chi connectivity index (χ4n) is 3.11. The molecule has 1 heterocycles. The molecule has 0 unspecified atom stereocenters. The Kier molecular flexibility index (Phi) is 6.07. The maximum absolute atomic E-state index is 13.3. The molecule has 3 rings (SSSR count). The number of benzene rings is 1. The number of amides is 1. The fraction of sp³-hybridized carbons (Fsp3) is 0.500. The predicted octanol–water partition coefficient (Wildman–Crippen LogP) is 3.71. The highest BCUT2D eigenvalue weighted by atomic mass is 32.2. The third-order valence-corrected chi connectivity index (χ3v) is 5.61. The Labute approximate surface area is 151 Å². The summed E-state index contributed by atoms with van der Waals surface area (Å²) in [6, 6.07) is 6.27. The lowest BCUT2D eigenvalue weighted by Crippen LogP contribution is -2.21. The summed E-state index contributed by atoms with van der Waals surface area (Å²) >= 11 is 1.69. The van der Waals surface area contributed by atoms with E-state index < -0.39 is 0 Å². The van der Waals surface area contributed by atoms with Gasteiger partial charge >= 0.3 is 0 Å². The van der Waals surface area contributed by atoms with E-state index in [9.17, 15) is 9.18 Å². The maximum Gasteiger partial charge on any atom is 0.217 e. The second-order valence-electron chi connectivity index (χ2n) is 6.44. The molecule has 0 atom stereocenters. The molecule has 0 radical (unpaired) electrons. The molecule has 1 N–H and O–H groups in total. The molecule has 1 aromatic heterocycles. The molecule has 0 aliphatic heterocycles. The van der Waals surface area contributed by atoms with Crippen molar-refractivity contribution in [3.8, 4) is 5.69 Å². The summed E-state index contributed by atoms with van der Waals surface area (Å²) in [6.07, 6.45) is 6.51. The van der Waals surface area contributed by atoms with Gasteiger partial charge in [-0.15, -0.1) is 10.2 Å². The van der Waals surface area contributed by atoms with Crippen LogP contribution in [0.1, 0.15) is 44.9 Å². The average Bonchev–Trinajstić information content (AvgIpc) is 3.02. The summed E-state index contributed by atoms with van der Waals surface area (Å²) in [5.41, 5.74) is 0.804. The first-order chi connectivity index (χ1) is 12.1. The van der Waals surface area contributed by atoms with Gasteiger partial charge in [-0.1, -0.05) is 31.0 Å². The van der Waals surface area contributed by atoms with Gasteiger partial charge in [-0.05, 0) is 43.0 Å². The van der Waals surface area contributed by atoms with Crippen LogP contribution in [0.5, 0.6) is 0 Å². The molecule has 7 heteroatoms. The van der Waals surface area contributed by atoms with E-state index in [4.69, 9.17) is 0 Å². The van der Waals surface area contributed by atoms with Crippen LogP contribution in [-0.2, 0) is 11.3 Å². The molecule has 1 fully saturated rings. The zero-order chi connectivity index (χ0) is 17.6. The Hall–Kier alpha value is -1.89. The lowest BCUT2D eigenvalue weighted by Gasteiger charge is -2.20. The minimum absolute atomic E-state index is 0.120. The minimum Gasteiger partial charge on any atom is -0.349 e. The lowest BCUT2D eigenvalue weighted by atomic mass is 9.91. The van der Waals surface area contributed by atoms with Crippen molar-refractivity contribution in [1.82, 2.24) is 20.1 Å². The van der Waals surface area contributed by atoms with Crippen LogP contribution in [0.3, 0.4) is 0 Å². The van der Waals surface area contributed by atoms with Crippen molar-refractivity contribution in [2.45, 2.75) is 50.7 Å². The quantitative estimate of drug-likeness (QED) is 0.796. The maximum atomic E-state index is 13.3. The van der Waals surface area contributed by atoms with E-state index in [0.717, 1.165) is 22.5 Å². The highest BCUT2D eigenvalue weighted by Gasteiger charge is 2.18. The van der Waals surface area contributed by atoms with Crippen molar-refractivity contribution >= 4 is 17.7 Å². The van der Waals surface area contributed by atoms with Gasteiger partial charge in [0.25, 0.3) is 0 Å². The van der Waals surface area contributed by atoms with Crippen LogP contribution in [0.15, 0.2) is 29.4 Å². The van der Waals surface area contributed by atoms with Gasteiger partial charge in [0.15, 0.2) is 11.0 Å². The second-order valence-corrected chi connectivity index (χ2v) is 7.42. The fourth-order valence-corrected chi connectivity index (χ4v) is 4.26.